The van der Waals surface area contributed by atoms with Gasteiger partial charge in [-0.15, -0.1) is 11.3 Å². The Bertz CT molecular complexity index is 658. The van der Waals surface area contributed by atoms with Crippen LogP contribution in [0.1, 0.15) is 29.7 Å². The summed E-state index contributed by atoms with van der Waals surface area (Å²) in [4.78, 5) is 6.78. The number of benzene rings is 1. The Kier molecular flexibility index (Phi) is 4.12. The third-order valence-corrected chi connectivity index (χ3v) is 4.64. The summed E-state index contributed by atoms with van der Waals surface area (Å²) in [6, 6.07) is 4.54. The standard InChI is InChI=1S/C16H16F3N2S/c1-11-15(20-10-22-11)12-5-6-14(13(9-12)16(17,18)19)21-7-3-2-4-8-21/h5-6,9H,2-4,7-8H2,1H3. The van der Waals surface area contributed by atoms with E-state index in [1.165, 1.54) is 17.4 Å². The van der Waals surface area contributed by atoms with Crippen LogP contribution in [-0.2, 0) is 6.18 Å². The molecule has 0 N–H and O–H groups in total. The van der Waals surface area contributed by atoms with E-state index in [2.05, 4.69) is 10.5 Å². The van der Waals surface area contributed by atoms with Crippen LogP contribution in [0.25, 0.3) is 11.3 Å². The smallest absolute Gasteiger partial charge is 0.371 e. The van der Waals surface area contributed by atoms with Crippen molar-refractivity contribution < 1.29 is 13.2 Å². The molecule has 1 aromatic heterocycles. The van der Waals surface area contributed by atoms with Gasteiger partial charge in [-0.1, -0.05) is 6.07 Å². The number of aromatic nitrogens is 1. The highest BCUT2D eigenvalue weighted by molar-refractivity contribution is 7.09. The molecule has 2 heterocycles. The zero-order valence-electron chi connectivity index (χ0n) is 12.2. The first kappa shape index (κ1) is 15.3. The summed E-state index contributed by atoms with van der Waals surface area (Å²) in [6.07, 6.45) is -1.39. The fourth-order valence-corrected chi connectivity index (χ4v) is 3.39. The Morgan fingerprint density at radius 2 is 1.91 bits per heavy atom. The highest BCUT2D eigenvalue weighted by Crippen LogP contribution is 2.40. The maximum absolute atomic E-state index is 13.5. The molecule has 0 atom stereocenters. The van der Waals surface area contributed by atoms with Gasteiger partial charge in [0.25, 0.3) is 0 Å². The van der Waals surface area contributed by atoms with Gasteiger partial charge < -0.3 is 4.90 Å². The number of thiazole rings is 1. The van der Waals surface area contributed by atoms with Crippen molar-refractivity contribution in [3.63, 3.8) is 0 Å². The third kappa shape index (κ3) is 2.97. The van der Waals surface area contributed by atoms with Crippen LogP contribution in [0.4, 0.5) is 18.9 Å². The van der Waals surface area contributed by atoms with Crippen molar-refractivity contribution in [2.75, 3.05) is 18.0 Å². The molecule has 2 nitrogen and oxygen atoms in total. The molecule has 22 heavy (non-hydrogen) atoms. The van der Waals surface area contributed by atoms with Crippen molar-refractivity contribution in [2.24, 2.45) is 0 Å². The van der Waals surface area contributed by atoms with Crippen molar-refractivity contribution in [2.45, 2.75) is 32.4 Å². The van der Waals surface area contributed by atoms with Crippen LogP contribution in [0.5, 0.6) is 0 Å². The van der Waals surface area contributed by atoms with Crippen LogP contribution < -0.4 is 4.90 Å². The van der Waals surface area contributed by atoms with Gasteiger partial charge in [-0.05, 0) is 38.3 Å². The molecule has 0 saturated carbocycles. The topological polar surface area (TPSA) is 16.1 Å². The van der Waals surface area contributed by atoms with Crippen LogP contribution in [0.3, 0.4) is 0 Å². The molecule has 6 heteroatoms. The minimum absolute atomic E-state index is 0.285. The van der Waals surface area contributed by atoms with Gasteiger partial charge in [-0.2, -0.15) is 13.2 Å². The van der Waals surface area contributed by atoms with E-state index in [9.17, 15) is 13.2 Å². The van der Waals surface area contributed by atoms with E-state index in [0.29, 0.717) is 24.3 Å². The third-order valence-electron chi connectivity index (χ3n) is 3.96. The lowest BCUT2D eigenvalue weighted by Gasteiger charge is -2.31. The molecule has 2 aromatic rings. The maximum atomic E-state index is 13.5. The number of hydrogen-bond donors (Lipinski definition) is 0. The van der Waals surface area contributed by atoms with Gasteiger partial charge in [-0.25, -0.2) is 4.98 Å². The average molecular weight is 325 g/mol. The van der Waals surface area contributed by atoms with Crippen LogP contribution in [0, 0.1) is 12.4 Å². The average Bonchev–Trinajstić information content (AvgIpc) is 2.93. The summed E-state index contributed by atoms with van der Waals surface area (Å²) in [5.41, 5.74) is 3.53. The van der Waals surface area contributed by atoms with Crippen LogP contribution >= 0.6 is 11.3 Å². The van der Waals surface area contributed by atoms with E-state index in [4.69, 9.17) is 0 Å². The van der Waals surface area contributed by atoms with Crippen molar-refractivity contribution in [1.82, 2.24) is 4.98 Å². The number of halogens is 3. The molecule has 1 saturated heterocycles. The summed E-state index contributed by atoms with van der Waals surface area (Å²) in [5, 5.41) is 0. The first-order valence-corrected chi connectivity index (χ1v) is 8.08. The van der Waals surface area contributed by atoms with Gasteiger partial charge in [0, 0.05) is 29.2 Å². The molecule has 0 aliphatic carbocycles. The largest absolute Gasteiger partial charge is 0.418 e. The first-order valence-electron chi connectivity index (χ1n) is 7.27. The second kappa shape index (κ2) is 5.91. The number of rotatable bonds is 2. The lowest BCUT2D eigenvalue weighted by Crippen LogP contribution is -2.31. The van der Waals surface area contributed by atoms with Crippen LogP contribution in [0.15, 0.2) is 18.2 Å². The second-order valence-electron chi connectivity index (χ2n) is 5.49. The summed E-state index contributed by atoms with van der Waals surface area (Å²) >= 11 is 1.32. The Labute approximate surface area is 131 Å². The molecule has 1 aromatic carbocycles. The molecule has 3 rings (SSSR count). The zero-order chi connectivity index (χ0) is 15.7. The predicted octanol–water partition coefficient (Wildman–Crippen LogP) is 4.93. The van der Waals surface area contributed by atoms with E-state index in [1.54, 1.807) is 12.1 Å². The molecule has 1 radical (unpaired) electrons. The first-order chi connectivity index (χ1) is 10.5. The van der Waals surface area contributed by atoms with Gasteiger partial charge in [0.1, 0.15) is 0 Å². The quantitative estimate of drug-likeness (QED) is 0.778. The summed E-state index contributed by atoms with van der Waals surface area (Å²) in [6.45, 7) is 3.22. The van der Waals surface area contributed by atoms with E-state index in [0.717, 1.165) is 24.1 Å². The Balaban J connectivity index is 2.06. The molecule has 0 bridgehead atoms. The van der Waals surface area contributed by atoms with Crippen molar-refractivity contribution in [3.05, 3.63) is 34.2 Å². The minimum Gasteiger partial charge on any atom is -0.371 e. The van der Waals surface area contributed by atoms with E-state index in [-0.39, 0.29) is 5.69 Å². The number of piperidine rings is 1. The van der Waals surface area contributed by atoms with Crippen LogP contribution in [-0.4, -0.2) is 18.1 Å². The Morgan fingerprint density at radius 3 is 2.50 bits per heavy atom. The number of aryl methyl sites for hydroxylation is 1. The molecular weight excluding hydrogens is 309 g/mol. The predicted molar refractivity (Wildman–Crippen MR) is 82.2 cm³/mol. The fourth-order valence-electron chi connectivity index (χ4n) is 2.85. The second-order valence-corrected chi connectivity index (χ2v) is 6.49. The number of alkyl halides is 3. The lowest BCUT2D eigenvalue weighted by atomic mass is 10.0. The van der Waals surface area contributed by atoms with Gasteiger partial charge in [-0.3, -0.25) is 0 Å². The minimum atomic E-state index is -4.36. The highest BCUT2D eigenvalue weighted by Gasteiger charge is 2.35. The van der Waals surface area contributed by atoms with Crippen molar-refractivity contribution in [3.8, 4) is 11.3 Å². The maximum Gasteiger partial charge on any atom is 0.418 e. The molecule has 0 amide bonds. The number of hydrogen-bond acceptors (Lipinski definition) is 3. The molecule has 0 spiro atoms. The van der Waals surface area contributed by atoms with Gasteiger partial charge in [0.15, 0.2) is 5.51 Å². The summed E-state index contributed by atoms with van der Waals surface area (Å²) < 4.78 is 40.4. The van der Waals surface area contributed by atoms with Gasteiger partial charge in [0.05, 0.1) is 11.3 Å². The molecular formula is C16H16F3N2S. The Morgan fingerprint density at radius 1 is 1.18 bits per heavy atom. The highest BCUT2D eigenvalue weighted by atomic mass is 32.1. The molecule has 1 aliphatic rings. The van der Waals surface area contributed by atoms with E-state index in [1.807, 2.05) is 11.8 Å². The van der Waals surface area contributed by atoms with Crippen LogP contribution in [0.2, 0.25) is 0 Å². The number of anilines is 1. The molecule has 1 fully saturated rings. The lowest BCUT2D eigenvalue weighted by molar-refractivity contribution is -0.137. The summed E-state index contributed by atoms with van der Waals surface area (Å²) in [7, 11) is 0. The zero-order valence-corrected chi connectivity index (χ0v) is 13.0. The van der Waals surface area contributed by atoms with Gasteiger partial charge in [0.2, 0.25) is 0 Å². The Hall–Kier alpha value is -1.56. The van der Waals surface area contributed by atoms with Crippen molar-refractivity contribution in [1.29, 1.82) is 0 Å². The van der Waals surface area contributed by atoms with Crippen molar-refractivity contribution >= 4 is 17.0 Å². The normalized spacial score (nSPS) is 16.1. The number of nitrogens with zero attached hydrogens (tertiary/aromatic N) is 2. The monoisotopic (exact) mass is 325 g/mol. The molecule has 0 unspecified atom stereocenters. The fraction of sp³-hybridized carbons (Fsp3) is 0.438. The van der Waals surface area contributed by atoms with E-state index >= 15 is 0 Å². The van der Waals surface area contributed by atoms with E-state index < -0.39 is 11.7 Å². The SMILES string of the molecule is Cc1s[c]nc1-c1ccc(N2CCCCC2)c(C(F)(F)F)c1. The molecule has 117 valence electrons. The summed E-state index contributed by atoms with van der Waals surface area (Å²) in [5.74, 6) is 0. The molecule has 1 aliphatic heterocycles. The van der Waals surface area contributed by atoms with Gasteiger partial charge >= 0.3 is 6.18 Å².